The van der Waals surface area contributed by atoms with Gasteiger partial charge >= 0.3 is 0 Å². The van der Waals surface area contributed by atoms with Crippen LogP contribution in [0.5, 0.6) is 0 Å². The van der Waals surface area contributed by atoms with Crippen LogP contribution in [0.15, 0.2) is 30.3 Å². The maximum absolute atomic E-state index is 4.55. The Labute approximate surface area is 125 Å². The second kappa shape index (κ2) is 4.84. The summed E-state index contributed by atoms with van der Waals surface area (Å²) in [6.07, 6.45) is 2.34. The first-order chi connectivity index (χ1) is 10.3. The fourth-order valence-corrected chi connectivity index (χ4v) is 3.40. The third kappa shape index (κ3) is 2.03. The van der Waals surface area contributed by atoms with Crippen LogP contribution in [0.25, 0.3) is 0 Å². The van der Waals surface area contributed by atoms with Crippen LogP contribution >= 0.6 is 0 Å². The molecule has 0 spiro atoms. The zero-order valence-electron chi connectivity index (χ0n) is 12.4. The van der Waals surface area contributed by atoms with Crippen molar-refractivity contribution >= 4 is 5.95 Å². The topological polar surface area (TPSA) is 46.0 Å². The monoisotopic (exact) mass is 283 g/mol. The van der Waals surface area contributed by atoms with E-state index in [1.165, 1.54) is 18.4 Å². The Hall–Kier alpha value is -1.88. The summed E-state index contributed by atoms with van der Waals surface area (Å²) >= 11 is 0. The fourth-order valence-electron chi connectivity index (χ4n) is 3.40. The van der Waals surface area contributed by atoms with Gasteiger partial charge in [0.15, 0.2) is 0 Å². The highest BCUT2D eigenvalue weighted by Gasteiger charge is 2.50. The largest absolute Gasteiger partial charge is 0.338 e. The third-order valence-corrected chi connectivity index (χ3v) is 4.76. The maximum Gasteiger partial charge on any atom is 0.227 e. The van der Waals surface area contributed by atoms with Gasteiger partial charge in [0, 0.05) is 33.2 Å². The highest BCUT2D eigenvalue weighted by Crippen LogP contribution is 2.52. The molecule has 0 amide bonds. The van der Waals surface area contributed by atoms with Gasteiger partial charge < -0.3 is 10.2 Å². The van der Waals surface area contributed by atoms with Gasteiger partial charge in [0.25, 0.3) is 0 Å². The summed E-state index contributed by atoms with van der Waals surface area (Å²) in [4.78, 5) is 2.33. The number of piperazine rings is 1. The molecule has 110 valence electrons. The normalized spacial score (nSPS) is 20.5. The molecule has 5 nitrogen and oxygen atoms in total. The van der Waals surface area contributed by atoms with Crippen LogP contribution in [-0.4, -0.2) is 40.9 Å². The lowest BCUT2D eigenvalue weighted by Gasteiger charge is -2.28. The Bertz CT molecular complexity index is 623. The van der Waals surface area contributed by atoms with E-state index in [2.05, 4.69) is 62.4 Å². The molecule has 0 bridgehead atoms. The molecule has 2 aliphatic rings. The Morgan fingerprint density at radius 2 is 1.76 bits per heavy atom. The van der Waals surface area contributed by atoms with E-state index in [1.54, 1.807) is 0 Å². The highest BCUT2D eigenvalue weighted by molar-refractivity contribution is 5.43. The zero-order chi connectivity index (χ0) is 14.3. The van der Waals surface area contributed by atoms with Crippen LogP contribution in [-0.2, 0) is 12.5 Å². The average Bonchev–Trinajstić information content (AvgIpc) is 3.26. The van der Waals surface area contributed by atoms with Gasteiger partial charge in [0.1, 0.15) is 5.82 Å². The minimum atomic E-state index is 0.0926. The number of hydrogen-bond acceptors (Lipinski definition) is 4. The Morgan fingerprint density at radius 3 is 2.43 bits per heavy atom. The first-order valence-electron chi connectivity index (χ1n) is 7.72. The number of anilines is 1. The van der Waals surface area contributed by atoms with Gasteiger partial charge in [-0.3, -0.25) is 4.57 Å². The first-order valence-corrected chi connectivity index (χ1v) is 7.72. The summed E-state index contributed by atoms with van der Waals surface area (Å²) in [5.41, 5.74) is 1.46. The molecule has 1 saturated carbocycles. The summed E-state index contributed by atoms with van der Waals surface area (Å²) in [5, 5.41) is 12.4. The van der Waals surface area contributed by atoms with Crippen LogP contribution in [0, 0.1) is 0 Å². The predicted octanol–water partition coefficient (Wildman–Crippen LogP) is 1.30. The molecule has 1 aromatic heterocycles. The molecule has 21 heavy (non-hydrogen) atoms. The van der Waals surface area contributed by atoms with Crippen molar-refractivity contribution in [2.75, 3.05) is 31.1 Å². The molecular weight excluding hydrogens is 262 g/mol. The predicted molar refractivity (Wildman–Crippen MR) is 82.5 cm³/mol. The molecule has 1 aliphatic carbocycles. The molecule has 0 radical (unpaired) electrons. The van der Waals surface area contributed by atoms with Crippen LogP contribution in [0.1, 0.15) is 24.2 Å². The molecule has 4 rings (SSSR count). The van der Waals surface area contributed by atoms with Crippen molar-refractivity contribution in [3.63, 3.8) is 0 Å². The Kier molecular flexibility index (Phi) is 2.96. The van der Waals surface area contributed by atoms with Crippen LogP contribution < -0.4 is 10.2 Å². The molecule has 2 aromatic rings. The van der Waals surface area contributed by atoms with E-state index in [0.717, 1.165) is 38.0 Å². The lowest BCUT2D eigenvalue weighted by atomic mass is 9.95. The van der Waals surface area contributed by atoms with Gasteiger partial charge in [-0.2, -0.15) is 0 Å². The smallest absolute Gasteiger partial charge is 0.227 e. The molecule has 1 aromatic carbocycles. The van der Waals surface area contributed by atoms with Crippen molar-refractivity contribution in [1.29, 1.82) is 0 Å². The molecule has 1 N–H and O–H groups in total. The lowest BCUT2D eigenvalue weighted by molar-refractivity contribution is 0.570. The van der Waals surface area contributed by atoms with Crippen molar-refractivity contribution in [1.82, 2.24) is 20.1 Å². The van der Waals surface area contributed by atoms with Crippen molar-refractivity contribution in [3.8, 4) is 0 Å². The molecule has 1 saturated heterocycles. The molecule has 0 unspecified atom stereocenters. The van der Waals surface area contributed by atoms with Gasteiger partial charge in [-0.05, 0) is 18.4 Å². The van der Waals surface area contributed by atoms with Gasteiger partial charge in [-0.1, -0.05) is 30.3 Å². The fraction of sp³-hybridized carbons (Fsp3) is 0.500. The number of benzene rings is 1. The molecule has 5 heteroatoms. The maximum atomic E-state index is 4.55. The SMILES string of the molecule is Cn1c(N2CCNCC2)nnc1C1(c2ccccc2)CC1. The second-order valence-electron chi connectivity index (χ2n) is 6.07. The summed E-state index contributed by atoms with van der Waals surface area (Å²) in [5.74, 6) is 2.12. The van der Waals surface area contributed by atoms with Crippen LogP contribution in [0.2, 0.25) is 0 Å². The molecule has 1 aliphatic heterocycles. The summed E-state index contributed by atoms with van der Waals surface area (Å²) in [7, 11) is 2.11. The molecule has 2 heterocycles. The van der Waals surface area contributed by atoms with E-state index >= 15 is 0 Å². The molecular formula is C16H21N5. The van der Waals surface area contributed by atoms with Crippen molar-refractivity contribution in [2.45, 2.75) is 18.3 Å². The van der Waals surface area contributed by atoms with Gasteiger partial charge in [-0.15, -0.1) is 10.2 Å². The molecule has 2 fully saturated rings. The Morgan fingerprint density at radius 1 is 1.05 bits per heavy atom. The van der Waals surface area contributed by atoms with E-state index in [0.29, 0.717) is 0 Å². The average molecular weight is 283 g/mol. The minimum Gasteiger partial charge on any atom is -0.338 e. The molecule has 0 atom stereocenters. The van der Waals surface area contributed by atoms with Crippen molar-refractivity contribution < 1.29 is 0 Å². The first kappa shape index (κ1) is 12.8. The number of hydrogen-bond donors (Lipinski definition) is 1. The number of aromatic nitrogens is 3. The van der Waals surface area contributed by atoms with Crippen LogP contribution in [0.4, 0.5) is 5.95 Å². The van der Waals surface area contributed by atoms with E-state index in [-0.39, 0.29) is 5.41 Å². The third-order valence-electron chi connectivity index (χ3n) is 4.76. The Balaban J connectivity index is 1.69. The number of nitrogens with zero attached hydrogens (tertiary/aromatic N) is 4. The lowest BCUT2D eigenvalue weighted by Crippen LogP contribution is -2.44. The minimum absolute atomic E-state index is 0.0926. The quantitative estimate of drug-likeness (QED) is 0.922. The highest BCUT2D eigenvalue weighted by atomic mass is 15.4. The van der Waals surface area contributed by atoms with E-state index in [1.807, 2.05) is 0 Å². The number of rotatable bonds is 3. The summed E-state index contributed by atoms with van der Waals surface area (Å²) in [6, 6.07) is 10.7. The summed E-state index contributed by atoms with van der Waals surface area (Å²) < 4.78 is 2.20. The van der Waals surface area contributed by atoms with Crippen molar-refractivity contribution in [2.24, 2.45) is 7.05 Å². The second-order valence-corrected chi connectivity index (χ2v) is 6.07. The van der Waals surface area contributed by atoms with Crippen LogP contribution in [0.3, 0.4) is 0 Å². The standard InChI is InChI=1S/C16H21N5/c1-20-14(16(7-8-16)13-5-3-2-4-6-13)18-19-15(20)21-11-9-17-10-12-21/h2-6,17H,7-12H2,1H3. The zero-order valence-corrected chi connectivity index (χ0v) is 12.4. The van der Waals surface area contributed by atoms with Crippen molar-refractivity contribution in [3.05, 3.63) is 41.7 Å². The van der Waals surface area contributed by atoms with Gasteiger partial charge in [0.2, 0.25) is 5.95 Å². The van der Waals surface area contributed by atoms with Gasteiger partial charge in [0.05, 0.1) is 5.41 Å². The van der Waals surface area contributed by atoms with Gasteiger partial charge in [-0.25, -0.2) is 0 Å². The van der Waals surface area contributed by atoms with E-state index in [4.69, 9.17) is 0 Å². The van der Waals surface area contributed by atoms with E-state index < -0.39 is 0 Å². The van der Waals surface area contributed by atoms with E-state index in [9.17, 15) is 0 Å². The number of nitrogens with one attached hydrogen (secondary N) is 1. The summed E-state index contributed by atoms with van der Waals surface area (Å²) in [6.45, 7) is 4.05.